The van der Waals surface area contributed by atoms with Gasteiger partial charge in [0.05, 0.1) is 18.1 Å². The van der Waals surface area contributed by atoms with Gasteiger partial charge in [-0.15, -0.1) is 10.2 Å². The molecule has 0 saturated heterocycles. The number of pyridine rings is 1. The molecule has 0 aromatic carbocycles. The third-order valence-electron chi connectivity index (χ3n) is 2.59. The van der Waals surface area contributed by atoms with E-state index >= 15 is 0 Å². The second-order valence-corrected chi connectivity index (χ2v) is 7.32. The molecule has 21 heavy (non-hydrogen) atoms. The fourth-order valence-corrected chi connectivity index (χ4v) is 3.09. The van der Waals surface area contributed by atoms with Crippen LogP contribution in [0, 0.1) is 0 Å². The van der Waals surface area contributed by atoms with Gasteiger partial charge in [0, 0.05) is 25.9 Å². The molecule has 0 spiro atoms. The van der Waals surface area contributed by atoms with Crippen LogP contribution < -0.4 is 4.90 Å². The molecule has 2 aromatic rings. The minimum absolute atomic E-state index is 0.505. The van der Waals surface area contributed by atoms with Gasteiger partial charge in [-0.2, -0.15) is 8.42 Å². The van der Waals surface area contributed by atoms with Crippen molar-refractivity contribution in [2.75, 3.05) is 25.3 Å². The molecule has 0 fully saturated rings. The van der Waals surface area contributed by atoms with Crippen LogP contribution in [0.25, 0.3) is 10.6 Å². The second kappa shape index (κ2) is 6.04. The Bertz CT molecular complexity index is 728. The van der Waals surface area contributed by atoms with Gasteiger partial charge < -0.3 is 4.90 Å². The number of hydrogen-bond acceptors (Lipinski definition) is 8. The summed E-state index contributed by atoms with van der Waals surface area (Å²) in [5, 5.41) is 9.24. The van der Waals surface area contributed by atoms with Crippen molar-refractivity contribution in [1.29, 1.82) is 0 Å². The fourth-order valence-electron chi connectivity index (χ4n) is 1.61. The normalized spacial score (nSPS) is 13.1. The summed E-state index contributed by atoms with van der Waals surface area (Å²) in [6.45, 7) is 1.62. The lowest BCUT2D eigenvalue weighted by molar-refractivity contribution is 0.235. The van der Waals surface area contributed by atoms with E-state index in [9.17, 15) is 8.42 Å². The molecule has 7 nitrogen and oxygen atoms in total. The first kappa shape index (κ1) is 15.8. The standard InChI is InChI=1S/C12H16N4O3S2/c1-8(19-21(4,17)18)11-14-15-12(20-11)9-5-10(16(2)3)7-13-6-9/h5-8H,1-4H3. The van der Waals surface area contributed by atoms with Crippen LogP contribution in [0.3, 0.4) is 0 Å². The van der Waals surface area contributed by atoms with Crippen molar-refractivity contribution in [2.45, 2.75) is 13.0 Å². The third-order valence-corrected chi connectivity index (χ3v) is 4.37. The Labute approximate surface area is 127 Å². The molecule has 0 amide bonds. The molecular formula is C12H16N4O3S2. The molecule has 114 valence electrons. The largest absolute Gasteiger partial charge is 0.376 e. The lowest BCUT2D eigenvalue weighted by Gasteiger charge is -2.11. The van der Waals surface area contributed by atoms with Crippen LogP contribution in [0.4, 0.5) is 5.69 Å². The molecule has 2 heterocycles. The third kappa shape index (κ3) is 4.19. The Morgan fingerprint density at radius 2 is 2.00 bits per heavy atom. The maximum Gasteiger partial charge on any atom is 0.265 e. The van der Waals surface area contributed by atoms with Gasteiger partial charge in [0.25, 0.3) is 10.1 Å². The highest BCUT2D eigenvalue weighted by molar-refractivity contribution is 7.86. The molecule has 2 aromatic heterocycles. The topological polar surface area (TPSA) is 85.3 Å². The highest BCUT2D eigenvalue weighted by atomic mass is 32.2. The summed E-state index contributed by atoms with van der Waals surface area (Å²) in [5.74, 6) is 0. The molecule has 9 heteroatoms. The summed E-state index contributed by atoms with van der Waals surface area (Å²) in [5.41, 5.74) is 1.78. The molecule has 0 aliphatic rings. The SMILES string of the molecule is CC(OS(C)(=O)=O)c1nnc(-c2cncc(N(C)C)c2)s1. The number of hydrogen-bond donors (Lipinski definition) is 0. The van der Waals surface area contributed by atoms with E-state index in [2.05, 4.69) is 15.2 Å². The number of anilines is 1. The molecule has 1 unspecified atom stereocenters. The first-order valence-corrected chi connectivity index (χ1v) is 8.74. The van der Waals surface area contributed by atoms with Crippen molar-refractivity contribution < 1.29 is 12.6 Å². The average molecular weight is 328 g/mol. The van der Waals surface area contributed by atoms with Crippen molar-refractivity contribution in [3.8, 4) is 10.6 Å². The van der Waals surface area contributed by atoms with E-state index in [4.69, 9.17) is 4.18 Å². The zero-order valence-corrected chi connectivity index (χ0v) is 13.8. The van der Waals surface area contributed by atoms with E-state index in [1.165, 1.54) is 11.3 Å². The lowest BCUT2D eigenvalue weighted by Crippen LogP contribution is -2.08. The molecule has 0 N–H and O–H groups in total. The molecular weight excluding hydrogens is 312 g/mol. The highest BCUT2D eigenvalue weighted by Crippen LogP contribution is 2.29. The van der Waals surface area contributed by atoms with E-state index in [1.807, 2.05) is 25.1 Å². The van der Waals surface area contributed by atoms with Crippen molar-refractivity contribution in [3.05, 3.63) is 23.5 Å². The van der Waals surface area contributed by atoms with Gasteiger partial charge >= 0.3 is 0 Å². The van der Waals surface area contributed by atoms with Crippen molar-refractivity contribution in [1.82, 2.24) is 15.2 Å². The summed E-state index contributed by atoms with van der Waals surface area (Å²) in [7, 11) is 0.325. The van der Waals surface area contributed by atoms with Crippen LogP contribution in [0.5, 0.6) is 0 Å². The average Bonchev–Trinajstić information content (AvgIpc) is 2.86. The summed E-state index contributed by atoms with van der Waals surface area (Å²) >= 11 is 1.29. The predicted molar refractivity (Wildman–Crippen MR) is 81.8 cm³/mol. The van der Waals surface area contributed by atoms with Crippen LogP contribution in [0.2, 0.25) is 0 Å². The van der Waals surface area contributed by atoms with Gasteiger partial charge in [-0.1, -0.05) is 11.3 Å². The molecule has 2 rings (SSSR count). The van der Waals surface area contributed by atoms with E-state index in [0.29, 0.717) is 10.0 Å². The van der Waals surface area contributed by atoms with Crippen LogP contribution >= 0.6 is 11.3 Å². The maximum absolute atomic E-state index is 11.1. The van der Waals surface area contributed by atoms with Crippen molar-refractivity contribution in [2.24, 2.45) is 0 Å². The maximum atomic E-state index is 11.1. The van der Waals surface area contributed by atoms with E-state index in [-0.39, 0.29) is 0 Å². The van der Waals surface area contributed by atoms with Crippen LogP contribution in [0.15, 0.2) is 18.5 Å². The van der Waals surface area contributed by atoms with Gasteiger partial charge in [-0.05, 0) is 13.0 Å². The zero-order chi connectivity index (χ0) is 15.6. The molecule has 0 saturated carbocycles. The highest BCUT2D eigenvalue weighted by Gasteiger charge is 2.18. The van der Waals surface area contributed by atoms with Gasteiger partial charge in [0.1, 0.15) is 16.1 Å². The first-order valence-electron chi connectivity index (χ1n) is 6.10. The minimum Gasteiger partial charge on any atom is -0.376 e. The monoisotopic (exact) mass is 328 g/mol. The Hall–Kier alpha value is -1.58. The summed E-state index contributed by atoms with van der Waals surface area (Å²) < 4.78 is 27.2. The van der Waals surface area contributed by atoms with Crippen LogP contribution in [0.1, 0.15) is 18.0 Å². The quantitative estimate of drug-likeness (QED) is 0.772. The van der Waals surface area contributed by atoms with Crippen LogP contribution in [-0.2, 0) is 14.3 Å². The lowest BCUT2D eigenvalue weighted by atomic mass is 10.2. The molecule has 0 radical (unpaired) electrons. The van der Waals surface area contributed by atoms with Gasteiger partial charge in [0.2, 0.25) is 0 Å². The van der Waals surface area contributed by atoms with Crippen molar-refractivity contribution in [3.63, 3.8) is 0 Å². The fraction of sp³-hybridized carbons (Fsp3) is 0.417. The summed E-state index contributed by atoms with van der Waals surface area (Å²) in [6.07, 6.45) is 3.80. The molecule has 1 atom stereocenters. The minimum atomic E-state index is -3.52. The second-order valence-electron chi connectivity index (χ2n) is 4.71. The molecule has 0 aliphatic carbocycles. The predicted octanol–water partition coefficient (Wildman–Crippen LogP) is 1.70. The molecule has 0 aliphatic heterocycles. The van der Waals surface area contributed by atoms with E-state index in [1.54, 1.807) is 19.3 Å². The Kier molecular flexibility index (Phi) is 4.55. The number of rotatable bonds is 5. The van der Waals surface area contributed by atoms with E-state index in [0.717, 1.165) is 17.5 Å². The number of aromatic nitrogens is 3. The Morgan fingerprint density at radius 3 is 2.62 bits per heavy atom. The summed E-state index contributed by atoms with van der Waals surface area (Å²) in [4.78, 5) is 6.10. The first-order chi connectivity index (χ1) is 9.76. The smallest absolute Gasteiger partial charge is 0.265 e. The van der Waals surface area contributed by atoms with E-state index < -0.39 is 16.2 Å². The van der Waals surface area contributed by atoms with Crippen LogP contribution in [-0.4, -0.2) is 44.0 Å². The Balaban J connectivity index is 2.25. The summed E-state index contributed by atoms with van der Waals surface area (Å²) in [6, 6.07) is 1.94. The van der Waals surface area contributed by atoms with Crippen molar-refractivity contribution >= 4 is 27.1 Å². The number of nitrogens with zero attached hydrogens (tertiary/aromatic N) is 4. The van der Waals surface area contributed by atoms with Gasteiger partial charge in [-0.25, -0.2) is 0 Å². The molecule has 0 bridgehead atoms. The van der Waals surface area contributed by atoms with Gasteiger partial charge in [0.15, 0.2) is 0 Å². The Morgan fingerprint density at radius 1 is 1.29 bits per heavy atom. The zero-order valence-electron chi connectivity index (χ0n) is 12.1. The van der Waals surface area contributed by atoms with Gasteiger partial charge in [-0.3, -0.25) is 9.17 Å².